The van der Waals surface area contributed by atoms with Crippen LogP contribution in [0.3, 0.4) is 0 Å². The van der Waals surface area contributed by atoms with Gasteiger partial charge in [0, 0.05) is 12.1 Å². The lowest BCUT2D eigenvalue weighted by Gasteiger charge is -2.12. The van der Waals surface area contributed by atoms with E-state index in [2.05, 4.69) is 35.8 Å². The van der Waals surface area contributed by atoms with E-state index in [0.29, 0.717) is 28.1 Å². The molecule has 18 heavy (non-hydrogen) atoms. The molecule has 0 bridgehead atoms. The monoisotopic (exact) mass is 239 g/mol. The Hall–Kier alpha value is -3.10. The van der Waals surface area contributed by atoms with E-state index in [1.165, 1.54) is 0 Å². The van der Waals surface area contributed by atoms with Gasteiger partial charge < -0.3 is 28.7 Å². The van der Waals surface area contributed by atoms with Crippen LogP contribution in [0.2, 0.25) is 0 Å². The molecule has 5 nitrogen and oxygen atoms in total. The van der Waals surface area contributed by atoms with Crippen LogP contribution in [-0.2, 0) is 0 Å². The molecule has 0 spiro atoms. The summed E-state index contributed by atoms with van der Waals surface area (Å²) < 4.78 is 0. The van der Waals surface area contributed by atoms with E-state index in [0.717, 1.165) is 0 Å². The maximum atomic E-state index is 5.92. The van der Waals surface area contributed by atoms with E-state index >= 15 is 0 Å². The lowest BCUT2D eigenvalue weighted by molar-refractivity contribution is 1.52. The van der Waals surface area contributed by atoms with Crippen LogP contribution in [0.25, 0.3) is 0 Å². The Morgan fingerprint density at radius 2 is 1.00 bits per heavy atom. The lowest BCUT2D eigenvalue weighted by Crippen LogP contribution is -2.08. The minimum Gasteiger partial charge on any atom is -0.397 e. The highest BCUT2D eigenvalue weighted by Gasteiger charge is 2.16. The zero-order valence-electron chi connectivity index (χ0n) is 9.89. The van der Waals surface area contributed by atoms with Crippen molar-refractivity contribution >= 4 is 17.1 Å². The molecule has 0 aliphatic carbocycles. The Kier molecular flexibility index (Phi) is 3.81. The molecule has 0 unspecified atom stereocenters. The first kappa shape index (κ1) is 13.0. The van der Waals surface area contributed by atoms with Crippen LogP contribution in [0.4, 0.5) is 17.1 Å². The van der Waals surface area contributed by atoms with Gasteiger partial charge in [0.25, 0.3) is 0 Å². The van der Waals surface area contributed by atoms with Gasteiger partial charge in [-0.05, 0) is 18.8 Å². The molecular weight excluding hydrogens is 226 g/mol. The van der Waals surface area contributed by atoms with Gasteiger partial charge in [0.1, 0.15) is 0 Å². The molecule has 0 radical (unpaired) electrons. The molecule has 0 aromatic heterocycles. The van der Waals surface area contributed by atoms with Gasteiger partial charge >= 0.3 is 0 Å². The smallest absolute Gasteiger partial charge is 0.0749 e. The van der Waals surface area contributed by atoms with Gasteiger partial charge in [-0.3, -0.25) is 0 Å². The van der Waals surface area contributed by atoms with Gasteiger partial charge in [-0.15, -0.1) is 5.92 Å². The van der Waals surface area contributed by atoms with Crippen LogP contribution in [-0.4, -0.2) is 0 Å². The standard InChI is InChI=1S/C13H13N5/c1-2-3-8-11(16)9(4-6-14)13(18)10(5-7-15)12(8)17/h14-18H2,1H3. The molecule has 10 N–H and O–H groups in total. The van der Waals surface area contributed by atoms with Gasteiger partial charge in [0.15, 0.2) is 0 Å². The first-order valence-electron chi connectivity index (χ1n) is 4.94. The maximum absolute atomic E-state index is 5.92. The van der Waals surface area contributed by atoms with Crippen LogP contribution in [0.1, 0.15) is 23.6 Å². The fourth-order valence-corrected chi connectivity index (χ4v) is 1.48. The van der Waals surface area contributed by atoms with Crippen molar-refractivity contribution in [1.82, 2.24) is 0 Å². The molecule has 0 saturated carbocycles. The molecular formula is C13H13N5. The number of rotatable bonds is 0. The molecule has 0 amide bonds. The summed E-state index contributed by atoms with van der Waals surface area (Å²) in [5.41, 5.74) is 30.1. The van der Waals surface area contributed by atoms with Crippen LogP contribution in [0.5, 0.6) is 0 Å². The Morgan fingerprint density at radius 3 is 1.28 bits per heavy atom. The normalized spacial score (nSPS) is 8.06. The summed E-state index contributed by atoms with van der Waals surface area (Å²) in [7, 11) is 0. The number of hydrogen-bond acceptors (Lipinski definition) is 5. The molecule has 1 aromatic rings. The zero-order chi connectivity index (χ0) is 13.7. The quantitative estimate of drug-likeness (QED) is 0.233. The molecule has 0 heterocycles. The predicted molar refractivity (Wildman–Crippen MR) is 74.4 cm³/mol. The summed E-state index contributed by atoms with van der Waals surface area (Å²) in [4.78, 5) is 0. The summed E-state index contributed by atoms with van der Waals surface area (Å²) in [6.45, 7) is 1.66. The minimum atomic E-state index is 0.252. The molecule has 0 atom stereocenters. The average molecular weight is 239 g/mol. The summed E-state index contributed by atoms with van der Waals surface area (Å²) in [6, 6.07) is 4.49. The number of hydrogen-bond donors (Lipinski definition) is 5. The fourth-order valence-electron chi connectivity index (χ4n) is 1.48. The van der Waals surface area contributed by atoms with E-state index in [-0.39, 0.29) is 5.69 Å². The third-order valence-corrected chi connectivity index (χ3v) is 2.26. The summed E-state index contributed by atoms with van der Waals surface area (Å²) >= 11 is 0. The van der Waals surface area contributed by atoms with E-state index in [1.54, 1.807) is 6.92 Å². The molecule has 0 saturated heterocycles. The minimum absolute atomic E-state index is 0.252. The third-order valence-electron chi connectivity index (χ3n) is 2.26. The van der Waals surface area contributed by atoms with Crippen LogP contribution in [0, 0.1) is 35.8 Å². The number of nitrogens with two attached hydrogens (primary N) is 5. The highest BCUT2D eigenvalue weighted by atomic mass is 14.7. The van der Waals surface area contributed by atoms with Crippen molar-refractivity contribution in [2.75, 3.05) is 17.2 Å². The Balaban J connectivity index is 3.87. The van der Waals surface area contributed by atoms with Crippen molar-refractivity contribution in [1.29, 1.82) is 0 Å². The maximum Gasteiger partial charge on any atom is 0.0749 e. The van der Waals surface area contributed by atoms with Crippen LogP contribution >= 0.6 is 0 Å². The number of nitrogen functional groups attached to an aromatic ring is 3. The van der Waals surface area contributed by atoms with Gasteiger partial charge in [-0.1, -0.05) is 5.92 Å². The molecule has 0 aliphatic rings. The topological polar surface area (TPSA) is 130 Å². The second-order valence-corrected chi connectivity index (χ2v) is 3.28. The summed E-state index contributed by atoms with van der Waals surface area (Å²) in [6.07, 6.45) is 0. The van der Waals surface area contributed by atoms with Gasteiger partial charge in [-0.2, -0.15) is 0 Å². The van der Waals surface area contributed by atoms with E-state index < -0.39 is 0 Å². The van der Waals surface area contributed by atoms with Gasteiger partial charge in [0.05, 0.1) is 33.8 Å². The molecule has 0 fully saturated rings. The van der Waals surface area contributed by atoms with Crippen molar-refractivity contribution in [3.05, 3.63) is 16.7 Å². The summed E-state index contributed by atoms with van der Waals surface area (Å²) in [5.74, 6) is 10.7. The molecule has 0 aliphatic heterocycles. The van der Waals surface area contributed by atoms with Crippen molar-refractivity contribution < 1.29 is 0 Å². The van der Waals surface area contributed by atoms with Gasteiger partial charge in [-0.25, -0.2) is 0 Å². The average Bonchev–Trinajstić information content (AvgIpc) is 2.35. The largest absolute Gasteiger partial charge is 0.397 e. The highest BCUT2D eigenvalue weighted by molar-refractivity contribution is 5.88. The van der Waals surface area contributed by atoms with Crippen LogP contribution in [0.15, 0.2) is 0 Å². The van der Waals surface area contributed by atoms with Crippen molar-refractivity contribution in [2.24, 2.45) is 11.5 Å². The zero-order valence-corrected chi connectivity index (χ0v) is 9.89. The molecule has 1 rings (SSSR count). The molecule has 1 aromatic carbocycles. The summed E-state index contributed by atoms with van der Waals surface area (Å²) in [5, 5.41) is 0. The molecule has 5 heteroatoms. The SMILES string of the molecule is CC#Cc1c(N)c(C#CN)c(N)c(C#CN)c1N. The van der Waals surface area contributed by atoms with Crippen molar-refractivity contribution in [3.63, 3.8) is 0 Å². The Labute approximate surface area is 106 Å². The highest BCUT2D eigenvalue weighted by Crippen LogP contribution is 2.32. The Morgan fingerprint density at radius 1 is 0.667 bits per heavy atom. The van der Waals surface area contributed by atoms with Gasteiger partial charge in [0.2, 0.25) is 0 Å². The van der Waals surface area contributed by atoms with Crippen LogP contribution < -0.4 is 28.7 Å². The predicted octanol–water partition coefficient (Wildman–Crippen LogP) is -0.660. The van der Waals surface area contributed by atoms with Crippen molar-refractivity contribution in [2.45, 2.75) is 6.92 Å². The number of benzene rings is 1. The molecule has 90 valence electrons. The van der Waals surface area contributed by atoms with E-state index in [1.807, 2.05) is 0 Å². The van der Waals surface area contributed by atoms with E-state index in [9.17, 15) is 0 Å². The second-order valence-electron chi connectivity index (χ2n) is 3.28. The lowest BCUT2D eigenvalue weighted by atomic mass is 9.98. The van der Waals surface area contributed by atoms with Crippen molar-refractivity contribution in [3.8, 4) is 35.8 Å². The van der Waals surface area contributed by atoms with E-state index in [4.69, 9.17) is 28.7 Å². The first-order valence-corrected chi connectivity index (χ1v) is 4.94. The number of anilines is 3. The Bertz CT molecular complexity index is 553. The third kappa shape index (κ3) is 2.04. The first-order chi connectivity index (χ1) is 8.58. The fraction of sp³-hybridized carbons (Fsp3) is 0.0769. The second kappa shape index (κ2) is 5.30.